The van der Waals surface area contributed by atoms with Crippen LogP contribution >= 0.6 is 0 Å². The Morgan fingerprint density at radius 1 is 1.07 bits per heavy atom. The lowest BCUT2D eigenvalue weighted by Gasteiger charge is -2.15. The van der Waals surface area contributed by atoms with Gasteiger partial charge in [-0.1, -0.05) is 0 Å². The van der Waals surface area contributed by atoms with Gasteiger partial charge in [-0.15, -0.1) is 0 Å². The highest BCUT2D eigenvalue weighted by Crippen LogP contribution is 2.39. The lowest BCUT2D eigenvalue weighted by atomic mass is 10.1. The third-order valence-corrected chi connectivity index (χ3v) is 2.06. The van der Waals surface area contributed by atoms with E-state index < -0.39 is 0 Å². The molecule has 0 unspecified atom stereocenters. The number of benzene rings is 1. The molecule has 0 saturated carbocycles. The molecule has 0 heterocycles. The number of rotatable bonds is 5. The lowest BCUT2D eigenvalue weighted by Crippen LogP contribution is -2.08. The molecular weight excluding hydrogens is 198 g/mol. The lowest BCUT2D eigenvalue weighted by molar-refractivity contribution is 0.160. The predicted molar refractivity (Wildman–Crippen MR) is 54.7 cm³/mol. The minimum Gasteiger partial charge on any atom is -0.493 e. The maximum atomic E-state index is 8.65. The fourth-order valence-electron chi connectivity index (χ4n) is 1.39. The molecular formula is C10H15NO4. The van der Waals surface area contributed by atoms with Crippen molar-refractivity contribution in [2.75, 3.05) is 21.3 Å². The quantitative estimate of drug-likeness (QED) is 0.719. The smallest absolute Gasteiger partial charge is 0.203 e. The zero-order valence-electron chi connectivity index (χ0n) is 9.03. The standard InChI is InChI=1S/C10H15NO4/c1-13-8-5-4-7(6-11-12)9(14-2)10(8)15-3/h4-5,11-12H,6H2,1-3H3. The van der Waals surface area contributed by atoms with Gasteiger partial charge in [-0.3, -0.25) is 0 Å². The number of hydrogen-bond donors (Lipinski definition) is 2. The molecule has 1 aromatic carbocycles. The summed E-state index contributed by atoms with van der Waals surface area (Å²) < 4.78 is 15.5. The maximum Gasteiger partial charge on any atom is 0.203 e. The minimum absolute atomic E-state index is 0.281. The zero-order valence-corrected chi connectivity index (χ0v) is 9.03. The summed E-state index contributed by atoms with van der Waals surface area (Å²) >= 11 is 0. The SMILES string of the molecule is COc1ccc(CNO)c(OC)c1OC. The number of hydroxylamine groups is 1. The predicted octanol–water partition coefficient (Wildman–Crippen LogP) is 1.19. The van der Waals surface area contributed by atoms with Crippen molar-refractivity contribution in [3.05, 3.63) is 17.7 Å². The summed E-state index contributed by atoms with van der Waals surface area (Å²) in [5.74, 6) is 1.67. The first-order valence-electron chi connectivity index (χ1n) is 4.43. The average molecular weight is 213 g/mol. The topological polar surface area (TPSA) is 60.0 Å². The molecule has 0 aliphatic carbocycles. The second-order valence-electron chi connectivity index (χ2n) is 2.83. The monoisotopic (exact) mass is 213 g/mol. The Labute approximate surface area is 88.5 Å². The van der Waals surface area contributed by atoms with Crippen LogP contribution in [0.1, 0.15) is 5.56 Å². The van der Waals surface area contributed by atoms with E-state index in [0.717, 1.165) is 5.56 Å². The van der Waals surface area contributed by atoms with E-state index in [1.807, 2.05) is 0 Å². The van der Waals surface area contributed by atoms with Crippen molar-refractivity contribution in [2.45, 2.75) is 6.54 Å². The normalized spacial score (nSPS) is 9.87. The highest BCUT2D eigenvalue weighted by molar-refractivity contribution is 5.55. The molecule has 0 aromatic heterocycles. The molecule has 0 bridgehead atoms. The second kappa shape index (κ2) is 5.43. The van der Waals surface area contributed by atoms with E-state index in [0.29, 0.717) is 17.2 Å². The Hall–Kier alpha value is -1.46. The Kier molecular flexibility index (Phi) is 4.20. The Bertz CT molecular complexity index is 327. The van der Waals surface area contributed by atoms with Gasteiger partial charge in [-0.2, -0.15) is 0 Å². The summed E-state index contributed by atoms with van der Waals surface area (Å²) in [6.45, 7) is 0.281. The van der Waals surface area contributed by atoms with Crippen LogP contribution in [-0.4, -0.2) is 26.5 Å². The van der Waals surface area contributed by atoms with E-state index in [1.165, 1.54) is 14.2 Å². The van der Waals surface area contributed by atoms with Crippen molar-refractivity contribution in [3.63, 3.8) is 0 Å². The first-order chi connectivity index (χ1) is 7.28. The van der Waals surface area contributed by atoms with Crippen LogP contribution in [0.3, 0.4) is 0 Å². The number of ether oxygens (including phenoxy) is 3. The van der Waals surface area contributed by atoms with Gasteiger partial charge in [-0.05, 0) is 12.1 Å². The van der Waals surface area contributed by atoms with E-state index in [4.69, 9.17) is 19.4 Å². The number of hydrogen-bond acceptors (Lipinski definition) is 5. The van der Waals surface area contributed by atoms with Crippen molar-refractivity contribution >= 4 is 0 Å². The van der Waals surface area contributed by atoms with Crippen LogP contribution in [0.15, 0.2) is 12.1 Å². The van der Waals surface area contributed by atoms with E-state index >= 15 is 0 Å². The van der Waals surface area contributed by atoms with Gasteiger partial charge in [0.2, 0.25) is 5.75 Å². The highest BCUT2D eigenvalue weighted by atomic mass is 16.5. The number of nitrogens with one attached hydrogen (secondary N) is 1. The van der Waals surface area contributed by atoms with E-state index in [-0.39, 0.29) is 6.54 Å². The molecule has 0 amide bonds. The summed E-state index contributed by atoms with van der Waals surface area (Å²) in [5.41, 5.74) is 2.86. The molecule has 0 fully saturated rings. The van der Waals surface area contributed by atoms with Crippen LogP contribution < -0.4 is 19.7 Å². The van der Waals surface area contributed by atoms with Gasteiger partial charge in [-0.25, -0.2) is 5.48 Å². The average Bonchev–Trinajstić information content (AvgIpc) is 2.28. The van der Waals surface area contributed by atoms with Gasteiger partial charge < -0.3 is 19.4 Å². The molecule has 2 N–H and O–H groups in total. The molecule has 0 radical (unpaired) electrons. The summed E-state index contributed by atoms with van der Waals surface area (Å²) in [5, 5.41) is 8.65. The van der Waals surface area contributed by atoms with E-state index in [2.05, 4.69) is 5.48 Å². The second-order valence-corrected chi connectivity index (χ2v) is 2.83. The third-order valence-electron chi connectivity index (χ3n) is 2.06. The molecule has 5 nitrogen and oxygen atoms in total. The Morgan fingerprint density at radius 2 is 1.73 bits per heavy atom. The Morgan fingerprint density at radius 3 is 2.20 bits per heavy atom. The summed E-state index contributed by atoms with van der Waals surface area (Å²) in [6, 6.07) is 3.55. The van der Waals surface area contributed by atoms with Crippen molar-refractivity contribution in [2.24, 2.45) is 0 Å². The number of methoxy groups -OCH3 is 3. The van der Waals surface area contributed by atoms with Gasteiger partial charge in [0.05, 0.1) is 21.3 Å². The fourth-order valence-corrected chi connectivity index (χ4v) is 1.39. The van der Waals surface area contributed by atoms with E-state index in [1.54, 1.807) is 19.2 Å². The summed E-state index contributed by atoms with van der Waals surface area (Å²) in [6.07, 6.45) is 0. The molecule has 1 aromatic rings. The third kappa shape index (κ3) is 2.31. The molecule has 0 aliphatic rings. The summed E-state index contributed by atoms with van der Waals surface area (Å²) in [7, 11) is 4.63. The molecule has 15 heavy (non-hydrogen) atoms. The van der Waals surface area contributed by atoms with Crippen LogP contribution in [0.2, 0.25) is 0 Å². The molecule has 0 spiro atoms. The van der Waals surface area contributed by atoms with Crippen LogP contribution in [-0.2, 0) is 6.54 Å². The minimum atomic E-state index is 0.281. The fraction of sp³-hybridized carbons (Fsp3) is 0.400. The molecule has 0 saturated heterocycles. The first kappa shape index (κ1) is 11.6. The van der Waals surface area contributed by atoms with Crippen LogP contribution in [0.4, 0.5) is 0 Å². The van der Waals surface area contributed by atoms with Gasteiger partial charge in [0.1, 0.15) is 0 Å². The van der Waals surface area contributed by atoms with Crippen molar-refractivity contribution < 1.29 is 19.4 Å². The van der Waals surface area contributed by atoms with Gasteiger partial charge >= 0.3 is 0 Å². The Balaban J connectivity index is 3.21. The molecule has 84 valence electrons. The molecule has 1 rings (SSSR count). The molecule has 5 heteroatoms. The van der Waals surface area contributed by atoms with Crippen molar-refractivity contribution in [1.29, 1.82) is 0 Å². The van der Waals surface area contributed by atoms with Crippen LogP contribution in [0.25, 0.3) is 0 Å². The molecule has 0 aliphatic heterocycles. The molecule has 0 atom stereocenters. The van der Waals surface area contributed by atoms with Crippen molar-refractivity contribution in [1.82, 2.24) is 5.48 Å². The highest BCUT2D eigenvalue weighted by Gasteiger charge is 2.14. The van der Waals surface area contributed by atoms with Crippen LogP contribution in [0.5, 0.6) is 17.2 Å². The van der Waals surface area contributed by atoms with Gasteiger partial charge in [0.25, 0.3) is 0 Å². The van der Waals surface area contributed by atoms with E-state index in [9.17, 15) is 0 Å². The van der Waals surface area contributed by atoms with Crippen LogP contribution in [0, 0.1) is 0 Å². The summed E-state index contributed by atoms with van der Waals surface area (Å²) in [4.78, 5) is 0. The largest absolute Gasteiger partial charge is 0.493 e. The van der Waals surface area contributed by atoms with Gasteiger partial charge in [0, 0.05) is 12.1 Å². The van der Waals surface area contributed by atoms with Gasteiger partial charge in [0.15, 0.2) is 11.5 Å². The zero-order chi connectivity index (χ0) is 11.3. The van der Waals surface area contributed by atoms with Crippen molar-refractivity contribution in [3.8, 4) is 17.2 Å². The maximum absolute atomic E-state index is 8.65. The first-order valence-corrected chi connectivity index (χ1v) is 4.43.